The maximum absolute atomic E-state index is 12.6. The van der Waals surface area contributed by atoms with Gasteiger partial charge in [0, 0.05) is 6.61 Å². The molecule has 0 radical (unpaired) electrons. The molecule has 2 fully saturated rings. The zero-order valence-corrected chi connectivity index (χ0v) is 10.6. The van der Waals surface area contributed by atoms with E-state index < -0.39 is 35.9 Å². The SMILES string of the molecule is OC(C1CCOC2(CCC2)C1)C(C(F)(F)F)C(F)(F)F. The molecular weight excluding hydrogens is 290 g/mol. The van der Waals surface area contributed by atoms with Crippen LogP contribution in [0.1, 0.15) is 32.1 Å². The van der Waals surface area contributed by atoms with Crippen molar-refractivity contribution in [2.45, 2.75) is 56.2 Å². The summed E-state index contributed by atoms with van der Waals surface area (Å²) < 4.78 is 81.1. The topological polar surface area (TPSA) is 29.5 Å². The molecule has 0 amide bonds. The molecule has 2 aliphatic rings. The van der Waals surface area contributed by atoms with Gasteiger partial charge in [-0.25, -0.2) is 0 Å². The summed E-state index contributed by atoms with van der Waals surface area (Å²) in [5.41, 5.74) is -0.606. The fraction of sp³-hybridized carbons (Fsp3) is 1.00. The highest BCUT2D eigenvalue weighted by Crippen LogP contribution is 2.49. The average molecular weight is 306 g/mol. The van der Waals surface area contributed by atoms with Gasteiger partial charge >= 0.3 is 12.4 Å². The van der Waals surface area contributed by atoms with Gasteiger partial charge in [-0.05, 0) is 38.0 Å². The van der Waals surface area contributed by atoms with Gasteiger partial charge in [-0.15, -0.1) is 0 Å². The van der Waals surface area contributed by atoms with E-state index in [0.717, 1.165) is 6.42 Å². The second-order valence-electron chi connectivity index (χ2n) is 5.69. The second kappa shape index (κ2) is 5.05. The van der Waals surface area contributed by atoms with E-state index in [2.05, 4.69) is 0 Å². The summed E-state index contributed by atoms with van der Waals surface area (Å²) in [5, 5.41) is 9.66. The van der Waals surface area contributed by atoms with Gasteiger partial charge in [-0.2, -0.15) is 26.3 Å². The van der Waals surface area contributed by atoms with Crippen molar-refractivity contribution in [3.05, 3.63) is 0 Å². The molecular formula is C12H16F6O2. The number of ether oxygens (including phenoxy) is 1. The Morgan fingerprint density at radius 3 is 2.00 bits per heavy atom. The monoisotopic (exact) mass is 306 g/mol. The van der Waals surface area contributed by atoms with Crippen LogP contribution in [0.4, 0.5) is 26.3 Å². The Kier molecular flexibility index (Phi) is 4.01. The Morgan fingerprint density at radius 1 is 1.05 bits per heavy atom. The van der Waals surface area contributed by atoms with Crippen molar-refractivity contribution in [2.24, 2.45) is 11.8 Å². The Labute approximate surface area is 112 Å². The van der Waals surface area contributed by atoms with Gasteiger partial charge in [0.15, 0.2) is 5.92 Å². The number of alkyl halides is 6. The van der Waals surface area contributed by atoms with Gasteiger partial charge in [0.2, 0.25) is 0 Å². The quantitative estimate of drug-likeness (QED) is 0.792. The van der Waals surface area contributed by atoms with Crippen LogP contribution in [-0.2, 0) is 4.74 Å². The Morgan fingerprint density at radius 2 is 1.60 bits per heavy atom. The summed E-state index contributed by atoms with van der Waals surface area (Å²) in [7, 11) is 0. The molecule has 0 bridgehead atoms. The van der Waals surface area contributed by atoms with E-state index in [0.29, 0.717) is 12.8 Å². The number of halogens is 6. The molecule has 1 spiro atoms. The van der Waals surface area contributed by atoms with Crippen LogP contribution in [0, 0.1) is 11.8 Å². The van der Waals surface area contributed by atoms with Gasteiger partial charge in [0.25, 0.3) is 0 Å². The minimum Gasteiger partial charge on any atom is -0.392 e. The van der Waals surface area contributed by atoms with Crippen molar-refractivity contribution in [1.29, 1.82) is 0 Å². The normalized spacial score (nSPS) is 28.5. The number of hydrogen-bond acceptors (Lipinski definition) is 2. The molecule has 2 unspecified atom stereocenters. The molecule has 2 atom stereocenters. The minimum absolute atomic E-state index is 0.0194. The van der Waals surface area contributed by atoms with Crippen molar-refractivity contribution in [3.63, 3.8) is 0 Å². The van der Waals surface area contributed by atoms with Gasteiger partial charge in [0.1, 0.15) is 0 Å². The van der Waals surface area contributed by atoms with Gasteiger partial charge in [-0.3, -0.25) is 0 Å². The van der Waals surface area contributed by atoms with E-state index in [1.807, 2.05) is 0 Å². The molecule has 2 rings (SSSR count). The molecule has 0 aromatic carbocycles. The van der Waals surface area contributed by atoms with Crippen LogP contribution in [0.2, 0.25) is 0 Å². The van der Waals surface area contributed by atoms with E-state index in [1.165, 1.54) is 0 Å². The molecule has 2 nitrogen and oxygen atoms in total. The van der Waals surface area contributed by atoms with Crippen LogP contribution in [0.5, 0.6) is 0 Å². The summed E-state index contributed by atoms with van der Waals surface area (Å²) in [6, 6.07) is 0. The molecule has 1 saturated carbocycles. The first-order chi connectivity index (χ1) is 9.05. The lowest BCUT2D eigenvalue weighted by atomic mass is 9.69. The van der Waals surface area contributed by atoms with E-state index >= 15 is 0 Å². The van der Waals surface area contributed by atoms with Crippen molar-refractivity contribution in [1.82, 2.24) is 0 Å². The Hall–Kier alpha value is -0.500. The molecule has 1 aliphatic heterocycles. The number of aliphatic hydroxyl groups is 1. The van der Waals surface area contributed by atoms with E-state index in [4.69, 9.17) is 4.74 Å². The average Bonchev–Trinajstić information content (AvgIpc) is 2.23. The van der Waals surface area contributed by atoms with Crippen LogP contribution in [0.25, 0.3) is 0 Å². The highest BCUT2D eigenvalue weighted by atomic mass is 19.4. The molecule has 0 aromatic rings. The summed E-state index contributed by atoms with van der Waals surface area (Å²) in [4.78, 5) is 0. The predicted molar refractivity (Wildman–Crippen MR) is 56.9 cm³/mol. The maximum atomic E-state index is 12.6. The minimum atomic E-state index is -5.50. The zero-order valence-electron chi connectivity index (χ0n) is 10.6. The molecule has 8 heteroatoms. The number of rotatable bonds is 2. The van der Waals surface area contributed by atoms with E-state index in [9.17, 15) is 31.4 Å². The first-order valence-electron chi connectivity index (χ1n) is 6.51. The van der Waals surface area contributed by atoms with E-state index in [-0.39, 0.29) is 19.4 Å². The third kappa shape index (κ3) is 3.05. The molecule has 1 heterocycles. The zero-order chi connectivity index (χ0) is 15.2. The van der Waals surface area contributed by atoms with Crippen molar-refractivity contribution in [2.75, 3.05) is 6.61 Å². The summed E-state index contributed by atoms with van der Waals surface area (Å²) in [5.74, 6) is -4.72. The van der Waals surface area contributed by atoms with Gasteiger partial charge in [0.05, 0.1) is 11.7 Å². The van der Waals surface area contributed by atoms with Crippen LogP contribution < -0.4 is 0 Å². The predicted octanol–water partition coefficient (Wildman–Crippen LogP) is 3.44. The lowest BCUT2D eigenvalue weighted by Gasteiger charge is -2.49. The Bertz CT molecular complexity index is 333. The molecule has 20 heavy (non-hydrogen) atoms. The lowest BCUT2D eigenvalue weighted by Crippen LogP contribution is -2.53. The maximum Gasteiger partial charge on any atom is 0.403 e. The lowest BCUT2D eigenvalue weighted by molar-refractivity contribution is -0.315. The number of aliphatic hydroxyl groups excluding tert-OH is 1. The van der Waals surface area contributed by atoms with Gasteiger partial charge < -0.3 is 9.84 Å². The summed E-state index contributed by atoms with van der Waals surface area (Å²) in [6.45, 7) is 0.101. The fourth-order valence-corrected chi connectivity index (χ4v) is 3.12. The van der Waals surface area contributed by atoms with Crippen LogP contribution in [-0.4, -0.2) is 35.8 Å². The first kappa shape index (κ1) is 15.9. The van der Waals surface area contributed by atoms with Crippen molar-refractivity contribution >= 4 is 0 Å². The highest BCUT2D eigenvalue weighted by molar-refractivity contribution is 4.97. The summed E-state index contributed by atoms with van der Waals surface area (Å²) >= 11 is 0. The van der Waals surface area contributed by atoms with Crippen molar-refractivity contribution < 1.29 is 36.2 Å². The Balaban J connectivity index is 2.13. The van der Waals surface area contributed by atoms with Crippen LogP contribution >= 0.6 is 0 Å². The van der Waals surface area contributed by atoms with Crippen molar-refractivity contribution in [3.8, 4) is 0 Å². The van der Waals surface area contributed by atoms with Crippen LogP contribution in [0.15, 0.2) is 0 Å². The second-order valence-corrected chi connectivity index (χ2v) is 5.69. The largest absolute Gasteiger partial charge is 0.403 e. The molecule has 118 valence electrons. The van der Waals surface area contributed by atoms with Gasteiger partial charge in [-0.1, -0.05) is 0 Å². The first-order valence-corrected chi connectivity index (χ1v) is 6.51. The molecule has 1 N–H and O–H groups in total. The third-order valence-corrected chi connectivity index (χ3v) is 4.33. The molecule has 1 aliphatic carbocycles. The summed E-state index contributed by atoms with van der Waals surface area (Å²) in [6.07, 6.45) is -11.2. The fourth-order valence-electron chi connectivity index (χ4n) is 3.12. The van der Waals surface area contributed by atoms with Crippen LogP contribution in [0.3, 0.4) is 0 Å². The highest BCUT2D eigenvalue weighted by Gasteiger charge is 2.62. The molecule has 0 aromatic heterocycles. The third-order valence-electron chi connectivity index (χ3n) is 4.33. The molecule has 1 saturated heterocycles. The smallest absolute Gasteiger partial charge is 0.392 e. The van der Waals surface area contributed by atoms with E-state index in [1.54, 1.807) is 0 Å². The number of hydrogen-bond donors (Lipinski definition) is 1. The standard InChI is InChI=1S/C12H16F6O2/c13-11(14,15)9(12(16,17)18)8(19)7-2-5-20-10(6-7)3-1-4-10/h7-9,19H,1-6H2.